The van der Waals surface area contributed by atoms with E-state index in [0.717, 1.165) is 23.0 Å². The quantitative estimate of drug-likeness (QED) is 0.507. The third-order valence-corrected chi connectivity index (χ3v) is 8.86. The van der Waals surface area contributed by atoms with Crippen LogP contribution in [0.4, 0.5) is 5.69 Å². The van der Waals surface area contributed by atoms with Crippen LogP contribution in [0.15, 0.2) is 59.5 Å². The zero-order valence-electron chi connectivity index (χ0n) is 16.4. The maximum atomic E-state index is 13.5. The first kappa shape index (κ1) is 20.4. The number of carbonyl (C=O) groups is 2. The van der Waals surface area contributed by atoms with Crippen LogP contribution >= 0.6 is 24.0 Å². The predicted molar refractivity (Wildman–Crippen MR) is 125 cm³/mol. The van der Waals surface area contributed by atoms with E-state index in [0.29, 0.717) is 28.4 Å². The normalized spacial score (nSPS) is 24.9. The Balaban J connectivity index is 1.54. The molecule has 0 N–H and O–H groups in total. The molecule has 2 fully saturated rings. The summed E-state index contributed by atoms with van der Waals surface area (Å²) in [7, 11) is -3.17. The van der Waals surface area contributed by atoms with E-state index >= 15 is 0 Å². The van der Waals surface area contributed by atoms with Crippen LogP contribution in [0.5, 0.6) is 0 Å². The fourth-order valence-corrected chi connectivity index (χ4v) is 7.42. The molecule has 2 amide bonds. The lowest BCUT2D eigenvalue weighted by Gasteiger charge is -2.21. The Labute approximate surface area is 189 Å². The molecule has 6 nitrogen and oxygen atoms in total. The largest absolute Gasteiger partial charge is 0.303 e. The molecule has 0 bridgehead atoms. The molecule has 5 rings (SSSR count). The highest BCUT2D eigenvalue weighted by Gasteiger charge is 2.46. The van der Waals surface area contributed by atoms with Crippen LogP contribution < -0.4 is 4.90 Å². The second-order valence-electron chi connectivity index (χ2n) is 7.70. The van der Waals surface area contributed by atoms with Crippen LogP contribution in [-0.4, -0.2) is 47.0 Å². The fourth-order valence-electron chi connectivity index (χ4n) is 4.25. The molecule has 3 aliphatic rings. The van der Waals surface area contributed by atoms with Gasteiger partial charge in [-0.1, -0.05) is 72.5 Å². The summed E-state index contributed by atoms with van der Waals surface area (Å²) in [5, 5.41) is 0. The smallest absolute Gasteiger partial charge is 0.267 e. The van der Waals surface area contributed by atoms with Crippen LogP contribution in [0.3, 0.4) is 0 Å². The molecule has 3 aliphatic heterocycles. The molecule has 0 aromatic heterocycles. The molecular weight excluding hydrogens is 452 g/mol. The van der Waals surface area contributed by atoms with Gasteiger partial charge in [-0.25, -0.2) is 8.42 Å². The average molecular weight is 471 g/mol. The summed E-state index contributed by atoms with van der Waals surface area (Å²) in [6.45, 7) is 0.390. The number of sulfone groups is 1. The second kappa shape index (κ2) is 7.58. The lowest BCUT2D eigenvalue weighted by atomic mass is 10.1. The molecule has 1 atom stereocenters. The Kier molecular flexibility index (Phi) is 4.99. The van der Waals surface area contributed by atoms with Gasteiger partial charge in [0.1, 0.15) is 4.32 Å². The Hall–Kier alpha value is -2.49. The van der Waals surface area contributed by atoms with Gasteiger partial charge >= 0.3 is 0 Å². The van der Waals surface area contributed by atoms with Gasteiger partial charge in [-0.2, -0.15) is 0 Å². The van der Waals surface area contributed by atoms with Gasteiger partial charge < -0.3 is 4.90 Å². The van der Waals surface area contributed by atoms with Crippen LogP contribution in [0.2, 0.25) is 0 Å². The minimum Gasteiger partial charge on any atom is -0.303 e. The van der Waals surface area contributed by atoms with Crippen molar-refractivity contribution in [3.05, 3.63) is 70.6 Å². The number of hydrogen-bond acceptors (Lipinski definition) is 6. The number of amides is 2. The van der Waals surface area contributed by atoms with E-state index in [9.17, 15) is 18.0 Å². The van der Waals surface area contributed by atoms with E-state index in [1.165, 1.54) is 4.90 Å². The Morgan fingerprint density at radius 1 is 1.00 bits per heavy atom. The maximum Gasteiger partial charge on any atom is 0.267 e. The summed E-state index contributed by atoms with van der Waals surface area (Å²) < 4.78 is 24.1. The third-order valence-electron chi connectivity index (χ3n) is 5.71. The van der Waals surface area contributed by atoms with Gasteiger partial charge in [0.05, 0.1) is 40.3 Å². The highest BCUT2D eigenvalue weighted by atomic mass is 32.2. The molecule has 0 radical (unpaired) electrons. The average Bonchev–Trinajstić information content (AvgIpc) is 3.34. The Bertz CT molecular complexity index is 1250. The number of para-hydroxylation sites is 1. The first-order valence-electron chi connectivity index (χ1n) is 9.81. The van der Waals surface area contributed by atoms with E-state index in [1.54, 1.807) is 4.90 Å². The van der Waals surface area contributed by atoms with E-state index in [2.05, 4.69) is 0 Å². The minimum absolute atomic E-state index is 0.0489. The van der Waals surface area contributed by atoms with Crippen molar-refractivity contribution in [2.45, 2.75) is 19.0 Å². The first-order valence-corrected chi connectivity index (χ1v) is 12.9. The first-order chi connectivity index (χ1) is 14.9. The van der Waals surface area contributed by atoms with Crippen molar-refractivity contribution in [2.24, 2.45) is 0 Å². The highest BCUT2D eigenvalue weighted by molar-refractivity contribution is 8.26. The topological polar surface area (TPSA) is 74.8 Å². The molecule has 31 heavy (non-hydrogen) atoms. The molecule has 0 spiro atoms. The summed E-state index contributed by atoms with van der Waals surface area (Å²) in [6.07, 6.45) is 0.363. The van der Waals surface area contributed by atoms with Crippen molar-refractivity contribution in [1.29, 1.82) is 0 Å². The lowest BCUT2D eigenvalue weighted by molar-refractivity contribution is -0.123. The van der Waals surface area contributed by atoms with Crippen LogP contribution in [0.25, 0.3) is 5.57 Å². The van der Waals surface area contributed by atoms with E-state index in [4.69, 9.17) is 12.2 Å². The number of hydrogen-bond donors (Lipinski definition) is 0. The summed E-state index contributed by atoms with van der Waals surface area (Å²) in [4.78, 5) is 30.1. The van der Waals surface area contributed by atoms with E-state index in [-0.39, 0.29) is 28.2 Å². The van der Waals surface area contributed by atoms with Crippen LogP contribution in [0, 0.1) is 0 Å². The van der Waals surface area contributed by atoms with Gasteiger partial charge in [-0.05, 0) is 18.1 Å². The Morgan fingerprint density at radius 2 is 1.71 bits per heavy atom. The summed E-state index contributed by atoms with van der Waals surface area (Å²) in [6, 6.07) is 16.6. The fraction of sp³-hybridized carbons (Fsp3) is 0.227. The van der Waals surface area contributed by atoms with Crippen molar-refractivity contribution in [2.75, 3.05) is 16.4 Å². The molecular formula is C22H18N2O4S3. The van der Waals surface area contributed by atoms with Gasteiger partial charge in [-0.15, -0.1) is 0 Å². The number of carbonyl (C=O) groups excluding carboxylic acids is 2. The number of thioether (sulfide) groups is 1. The summed E-state index contributed by atoms with van der Waals surface area (Å²) in [5.74, 6) is -0.665. The van der Waals surface area contributed by atoms with Gasteiger partial charge in [-0.3, -0.25) is 14.5 Å². The van der Waals surface area contributed by atoms with Crippen molar-refractivity contribution in [3.63, 3.8) is 0 Å². The van der Waals surface area contributed by atoms with Gasteiger partial charge in [0.2, 0.25) is 0 Å². The summed E-state index contributed by atoms with van der Waals surface area (Å²) in [5.41, 5.74) is 2.77. The molecule has 2 aromatic rings. The minimum atomic E-state index is -3.17. The number of anilines is 1. The SMILES string of the molecule is O=C1/C(=C2\SC(=S)N([C@@H]3CCS(=O)(=O)C3)C2=O)c2ccccc2N1Cc1ccccc1. The molecule has 0 saturated carbocycles. The molecule has 2 aromatic carbocycles. The van der Waals surface area contributed by atoms with Crippen molar-refractivity contribution < 1.29 is 18.0 Å². The number of thiocarbonyl (C=S) groups is 1. The monoisotopic (exact) mass is 470 g/mol. The number of fused-ring (bicyclic) bond motifs is 1. The third kappa shape index (κ3) is 3.50. The van der Waals surface area contributed by atoms with Crippen LogP contribution in [-0.2, 0) is 26.0 Å². The van der Waals surface area contributed by atoms with E-state index < -0.39 is 15.9 Å². The standard InChI is InChI=1S/C22H18N2O4S3/c25-20-18(19-21(26)24(22(29)30-19)15-10-11-31(27,28)13-15)16-8-4-5-9-17(16)23(20)12-14-6-2-1-3-7-14/h1-9,15H,10-13H2/b19-18-/t15-/m1/s1. The van der Waals surface area contributed by atoms with Crippen molar-refractivity contribution in [1.82, 2.24) is 4.90 Å². The zero-order chi connectivity index (χ0) is 21.8. The lowest BCUT2D eigenvalue weighted by Crippen LogP contribution is -2.39. The second-order valence-corrected chi connectivity index (χ2v) is 11.6. The van der Waals surface area contributed by atoms with Crippen LogP contribution in [0.1, 0.15) is 17.5 Å². The van der Waals surface area contributed by atoms with Crippen molar-refractivity contribution in [3.8, 4) is 0 Å². The van der Waals surface area contributed by atoms with Gasteiger partial charge in [0.15, 0.2) is 9.84 Å². The molecule has 158 valence electrons. The number of rotatable bonds is 3. The molecule has 0 unspecified atom stereocenters. The van der Waals surface area contributed by atoms with Crippen molar-refractivity contribution >= 4 is 61.2 Å². The highest BCUT2D eigenvalue weighted by Crippen LogP contribution is 2.46. The molecule has 9 heteroatoms. The van der Waals surface area contributed by atoms with E-state index in [1.807, 2.05) is 54.6 Å². The maximum absolute atomic E-state index is 13.5. The Morgan fingerprint density at radius 3 is 2.42 bits per heavy atom. The predicted octanol–water partition coefficient (Wildman–Crippen LogP) is 2.99. The van der Waals surface area contributed by atoms with Gasteiger partial charge in [0, 0.05) is 5.56 Å². The number of nitrogens with zero attached hydrogens (tertiary/aromatic N) is 2. The summed E-state index contributed by atoms with van der Waals surface area (Å²) >= 11 is 6.51. The molecule has 2 saturated heterocycles. The molecule has 0 aliphatic carbocycles. The van der Waals surface area contributed by atoms with Gasteiger partial charge in [0.25, 0.3) is 11.8 Å². The molecule has 3 heterocycles. The zero-order valence-corrected chi connectivity index (χ0v) is 18.8. The number of benzene rings is 2.